The van der Waals surface area contributed by atoms with Crippen molar-refractivity contribution in [3.63, 3.8) is 0 Å². The molecule has 10 nitrogen and oxygen atoms in total. The first-order chi connectivity index (χ1) is 19.1. The van der Waals surface area contributed by atoms with Crippen LogP contribution in [0.2, 0.25) is 0 Å². The summed E-state index contributed by atoms with van der Waals surface area (Å²) in [7, 11) is 1.84. The summed E-state index contributed by atoms with van der Waals surface area (Å²) in [5.74, 6) is -0.144. The molecule has 1 aliphatic rings. The van der Waals surface area contributed by atoms with E-state index in [1.807, 2.05) is 87.2 Å². The summed E-state index contributed by atoms with van der Waals surface area (Å²) in [4.78, 5) is 25.0. The molecule has 2 aromatic heterocycles. The number of hydrogen-bond donors (Lipinski definition) is 1. The molecule has 1 aliphatic carbocycles. The van der Waals surface area contributed by atoms with Crippen molar-refractivity contribution < 1.29 is 19.1 Å². The van der Waals surface area contributed by atoms with Crippen LogP contribution in [0.15, 0.2) is 60.9 Å². The van der Waals surface area contributed by atoms with Crippen LogP contribution < -0.4 is 5.32 Å². The Labute approximate surface area is 233 Å². The van der Waals surface area contributed by atoms with E-state index in [4.69, 9.17) is 9.47 Å². The van der Waals surface area contributed by atoms with Gasteiger partial charge in [0.2, 0.25) is 0 Å². The Hall–Kier alpha value is -4.47. The van der Waals surface area contributed by atoms with E-state index in [1.165, 1.54) is 0 Å². The number of amides is 1. The average Bonchev–Trinajstić information content (AvgIpc) is 3.36. The zero-order valence-electron chi connectivity index (χ0n) is 23.4. The number of benzene rings is 2. The molecule has 4 aromatic rings. The molecule has 2 atom stereocenters. The van der Waals surface area contributed by atoms with Gasteiger partial charge in [-0.05, 0) is 69.0 Å². The van der Waals surface area contributed by atoms with Crippen LogP contribution in [0.3, 0.4) is 0 Å². The van der Waals surface area contributed by atoms with Crippen LogP contribution in [0.1, 0.15) is 73.3 Å². The largest absolute Gasteiger partial charge is 0.462 e. The molecule has 1 N–H and O–H groups in total. The Morgan fingerprint density at radius 3 is 2.52 bits per heavy atom. The second-order valence-electron chi connectivity index (χ2n) is 10.9. The maximum Gasteiger partial charge on any atom is 0.407 e. The molecule has 10 heteroatoms. The topological polar surface area (TPSA) is 113 Å². The molecule has 0 spiro atoms. The third-order valence-electron chi connectivity index (χ3n) is 6.63. The van der Waals surface area contributed by atoms with Gasteiger partial charge in [-0.25, -0.2) is 14.3 Å². The molecule has 0 aliphatic heterocycles. The van der Waals surface area contributed by atoms with Crippen molar-refractivity contribution in [1.29, 1.82) is 0 Å². The van der Waals surface area contributed by atoms with Gasteiger partial charge in [-0.2, -0.15) is 5.10 Å². The molecule has 1 fully saturated rings. The Kier molecular flexibility index (Phi) is 7.42. The molecule has 2 aromatic carbocycles. The zero-order chi connectivity index (χ0) is 28.4. The predicted molar refractivity (Wildman–Crippen MR) is 149 cm³/mol. The van der Waals surface area contributed by atoms with Gasteiger partial charge in [0.05, 0.1) is 29.9 Å². The van der Waals surface area contributed by atoms with Crippen molar-refractivity contribution in [2.75, 3.05) is 6.61 Å². The van der Waals surface area contributed by atoms with Gasteiger partial charge in [-0.15, -0.1) is 5.10 Å². The monoisotopic (exact) mass is 542 g/mol. The van der Waals surface area contributed by atoms with Crippen LogP contribution in [0.5, 0.6) is 0 Å². The van der Waals surface area contributed by atoms with E-state index in [0.717, 1.165) is 40.2 Å². The highest BCUT2D eigenvalue weighted by molar-refractivity contribution is 5.91. The molecule has 40 heavy (non-hydrogen) atoms. The van der Waals surface area contributed by atoms with Crippen molar-refractivity contribution in [1.82, 2.24) is 30.1 Å². The lowest BCUT2D eigenvalue weighted by Gasteiger charge is -2.19. The van der Waals surface area contributed by atoms with E-state index in [0.29, 0.717) is 12.1 Å². The Morgan fingerprint density at radius 2 is 1.82 bits per heavy atom. The lowest BCUT2D eigenvalue weighted by molar-refractivity contribution is 0.0513. The van der Waals surface area contributed by atoms with Crippen LogP contribution >= 0.6 is 0 Å². The molecule has 1 amide bonds. The number of aromatic nitrogens is 5. The van der Waals surface area contributed by atoms with Crippen molar-refractivity contribution in [2.45, 2.75) is 58.1 Å². The van der Waals surface area contributed by atoms with Gasteiger partial charge in [0.1, 0.15) is 11.2 Å². The fourth-order valence-electron chi connectivity index (χ4n) is 4.81. The standard InChI is InChI=1S/C30H34N6O4/c1-6-39-28(37)25-17-32-36(27(25)24-15-23(24)26-18-35(5)34-33-26)22-12-8-11-21(14-22)20-10-7-9-19(13-20)16-31-29(38)40-30(2,3)4/h7-14,17-18,23-24H,6,15-16H2,1-5H3,(H,31,38)/t23-,24-/m1/s1. The highest BCUT2D eigenvalue weighted by atomic mass is 16.6. The summed E-state index contributed by atoms with van der Waals surface area (Å²) in [5.41, 5.74) is 5.40. The minimum Gasteiger partial charge on any atom is -0.462 e. The number of carbonyl (C=O) groups excluding carboxylic acids is 2. The number of aryl methyl sites for hydroxylation is 1. The van der Waals surface area contributed by atoms with Crippen LogP contribution in [0, 0.1) is 0 Å². The molecule has 0 radical (unpaired) electrons. The first-order valence-corrected chi connectivity index (χ1v) is 13.4. The average molecular weight is 543 g/mol. The number of carbonyl (C=O) groups is 2. The van der Waals surface area contributed by atoms with Gasteiger partial charge in [0, 0.05) is 31.6 Å². The van der Waals surface area contributed by atoms with Crippen LogP contribution in [-0.4, -0.2) is 49.0 Å². The molecule has 5 rings (SSSR count). The SMILES string of the molecule is CCOC(=O)c1cnn(-c2cccc(-c3cccc(CNC(=O)OC(C)(C)C)c3)c2)c1[C@@H]1C[C@H]1c1cn(C)nn1. The number of hydrogen-bond acceptors (Lipinski definition) is 7. The van der Waals surface area contributed by atoms with E-state index >= 15 is 0 Å². The number of nitrogens with zero attached hydrogens (tertiary/aromatic N) is 5. The van der Waals surface area contributed by atoms with Gasteiger partial charge in [0.15, 0.2) is 0 Å². The van der Waals surface area contributed by atoms with Crippen molar-refractivity contribution in [3.8, 4) is 16.8 Å². The number of nitrogens with one attached hydrogen (secondary N) is 1. The van der Waals surface area contributed by atoms with Gasteiger partial charge in [0.25, 0.3) is 0 Å². The fourth-order valence-corrected chi connectivity index (χ4v) is 4.81. The molecule has 2 heterocycles. The number of ether oxygens (including phenoxy) is 2. The van der Waals surface area contributed by atoms with Gasteiger partial charge < -0.3 is 14.8 Å². The lowest BCUT2D eigenvalue weighted by atomic mass is 10.0. The highest BCUT2D eigenvalue weighted by Crippen LogP contribution is 2.55. The van der Waals surface area contributed by atoms with E-state index in [1.54, 1.807) is 17.8 Å². The molecular formula is C30H34N6O4. The summed E-state index contributed by atoms with van der Waals surface area (Å²) in [6.07, 6.45) is 3.90. The number of rotatable bonds is 8. The summed E-state index contributed by atoms with van der Waals surface area (Å²) in [6.45, 7) is 7.93. The predicted octanol–water partition coefficient (Wildman–Crippen LogP) is 5.14. The molecular weight excluding hydrogens is 508 g/mol. The summed E-state index contributed by atoms with van der Waals surface area (Å²) in [6, 6.07) is 16.0. The smallest absolute Gasteiger partial charge is 0.407 e. The number of alkyl carbamates (subject to hydrolysis) is 1. The van der Waals surface area contributed by atoms with Crippen molar-refractivity contribution >= 4 is 12.1 Å². The van der Waals surface area contributed by atoms with Crippen LogP contribution in [0.25, 0.3) is 16.8 Å². The van der Waals surface area contributed by atoms with Crippen molar-refractivity contribution in [2.24, 2.45) is 7.05 Å². The van der Waals surface area contributed by atoms with E-state index in [9.17, 15) is 9.59 Å². The summed E-state index contributed by atoms with van der Waals surface area (Å²) in [5, 5.41) is 15.8. The van der Waals surface area contributed by atoms with E-state index in [-0.39, 0.29) is 24.4 Å². The lowest BCUT2D eigenvalue weighted by Crippen LogP contribution is -2.32. The summed E-state index contributed by atoms with van der Waals surface area (Å²) >= 11 is 0. The maximum atomic E-state index is 12.9. The second-order valence-corrected chi connectivity index (χ2v) is 10.9. The zero-order valence-corrected chi connectivity index (χ0v) is 23.4. The second kappa shape index (κ2) is 11.0. The number of esters is 1. The Bertz CT molecular complexity index is 1530. The molecule has 0 unspecified atom stereocenters. The molecule has 208 valence electrons. The normalized spacial score (nSPS) is 16.4. The molecule has 1 saturated carbocycles. The Balaban J connectivity index is 1.42. The third-order valence-corrected chi connectivity index (χ3v) is 6.63. The van der Waals surface area contributed by atoms with E-state index < -0.39 is 11.7 Å². The first-order valence-electron chi connectivity index (χ1n) is 13.4. The molecule has 0 bridgehead atoms. The highest BCUT2D eigenvalue weighted by Gasteiger charge is 2.46. The van der Waals surface area contributed by atoms with Gasteiger partial charge in [-0.1, -0.05) is 35.5 Å². The molecule has 0 saturated heterocycles. The third kappa shape index (κ3) is 6.06. The van der Waals surface area contributed by atoms with Gasteiger partial charge in [-0.3, -0.25) is 4.68 Å². The quantitative estimate of drug-likeness (QED) is 0.307. The van der Waals surface area contributed by atoms with Gasteiger partial charge >= 0.3 is 12.1 Å². The first kappa shape index (κ1) is 27.1. The fraction of sp³-hybridized carbons (Fsp3) is 0.367. The van der Waals surface area contributed by atoms with Crippen molar-refractivity contribution in [3.05, 3.63) is 83.4 Å². The maximum absolute atomic E-state index is 12.9. The van der Waals surface area contributed by atoms with Crippen LogP contribution in [0.4, 0.5) is 4.79 Å². The minimum absolute atomic E-state index is 0.0736. The minimum atomic E-state index is -0.556. The summed E-state index contributed by atoms with van der Waals surface area (Å²) < 4.78 is 14.2. The van der Waals surface area contributed by atoms with Crippen LogP contribution in [-0.2, 0) is 23.1 Å². The van der Waals surface area contributed by atoms with E-state index in [2.05, 4.69) is 20.7 Å². The Morgan fingerprint density at radius 1 is 1.07 bits per heavy atom.